The Labute approximate surface area is 178 Å². The molecule has 2 fully saturated rings. The van der Waals surface area contributed by atoms with E-state index in [0.717, 1.165) is 45.2 Å². The van der Waals surface area contributed by atoms with Crippen LogP contribution in [0.2, 0.25) is 0 Å². The number of rotatable bonds is 7. The van der Waals surface area contributed by atoms with Crippen LogP contribution in [0.25, 0.3) is 0 Å². The number of guanidine groups is 1. The molecule has 5 heteroatoms. The van der Waals surface area contributed by atoms with Crippen LogP contribution < -0.4 is 10.6 Å². The number of aliphatic imine (C=N–C) groups is 1. The summed E-state index contributed by atoms with van der Waals surface area (Å²) in [5, 5.41) is 7.30. The van der Waals surface area contributed by atoms with Crippen LogP contribution in [0.5, 0.6) is 0 Å². The summed E-state index contributed by atoms with van der Waals surface area (Å²) < 4.78 is 0. The summed E-state index contributed by atoms with van der Waals surface area (Å²) in [6.45, 7) is 11.2. The van der Waals surface area contributed by atoms with Gasteiger partial charge in [-0.15, -0.1) is 0 Å². The molecule has 2 aliphatic rings. The third-order valence-electron chi connectivity index (χ3n) is 7.02. The first-order chi connectivity index (χ1) is 14.0. The zero-order valence-corrected chi connectivity index (χ0v) is 19.0. The van der Waals surface area contributed by atoms with Crippen LogP contribution >= 0.6 is 0 Å². The molecule has 2 N–H and O–H groups in total. The second kappa shape index (κ2) is 10.4. The van der Waals surface area contributed by atoms with Gasteiger partial charge >= 0.3 is 0 Å². The van der Waals surface area contributed by atoms with Gasteiger partial charge in [-0.3, -0.25) is 9.89 Å². The lowest BCUT2D eigenvalue weighted by Crippen LogP contribution is -2.55. The highest BCUT2D eigenvalue weighted by Gasteiger charge is 2.35. The van der Waals surface area contributed by atoms with Crippen LogP contribution in [0, 0.1) is 5.92 Å². The van der Waals surface area contributed by atoms with Crippen molar-refractivity contribution in [3.8, 4) is 0 Å². The first-order valence-corrected chi connectivity index (χ1v) is 11.5. The molecule has 0 aromatic heterocycles. The minimum Gasteiger partial charge on any atom is -0.356 e. The third kappa shape index (κ3) is 5.73. The lowest BCUT2D eigenvalue weighted by Gasteiger charge is -2.40. The lowest BCUT2D eigenvalue weighted by atomic mass is 9.79. The zero-order chi connectivity index (χ0) is 20.7. The summed E-state index contributed by atoms with van der Waals surface area (Å²) in [6.07, 6.45) is 5.16. The Morgan fingerprint density at radius 3 is 2.28 bits per heavy atom. The van der Waals surface area contributed by atoms with Gasteiger partial charge in [-0.2, -0.15) is 0 Å². The quantitative estimate of drug-likeness (QED) is 0.546. The Balaban J connectivity index is 1.57. The molecule has 1 aliphatic heterocycles. The molecular formula is C24H41N5. The van der Waals surface area contributed by atoms with Crippen molar-refractivity contribution in [2.45, 2.75) is 51.0 Å². The Kier molecular flexibility index (Phi) is 7.96. The maximum atomic E-state index is 4.53. The molecule has 1 saturated heterocycles. The maximum Gasteiger partial charge on any atom is 0.191 e. The Hall–Kier alpha value is -1.59. The Morgan fingerprint density at radius 2 is 1.69 bits per heavy atom. The molecule has 0 spiro atoms. The second-order valence-corrected chi connectivity index (χ2v) is 9.31. The minimum absolute atomic E-state index is 0.244. The molecule has 1 aromatic rings. The topological polar surface area (TPSA) is 42.9 Å². The lowest BCUT2D eigenvalue weighted by molar-refractivity contribution is 0.0900. The van der Waals surface area contributed by atoms with E-state index in [1.165, 1.54) is 31.2 Å². The highest BCUT2D eigenvalue weighted by molar-refractivity contribution is 5.79. The summed E-state index contributed by atoms with van der Waals surface area (Å²) in [7, 11) is 4.11. The van der Waals surface area contributed by atoms with Crippen LogP contribution in [0.4, 0.5) is 0 Å². The van der Waals surface area contributed by atoms with Gasteiger partial charge in [0.25, 0.3) is 0 Å². The fraction of sp³-hybridized carbons (Fsp3) is 0.708. The van der Waals surface area contributed by atoms with Crippen LogP contribution in [0.15, 0.2) is 35.3 Å². The predicted molar refractivity (Wildman–Crippen MR) is 124 cm³/mol. The van der Waals surface area contributed by atoms with E-state index in [1.54, 1.807) is 0 Å². The fourth-order valence-electron chi connectivity index (χ4n) is 5.03. The van der Waals surface area contributed by atoms with Crippen molar-refractivity contribution < 1.29 is 0 Å². The molecule has 0 radical (unpaired) electrons. The normalized spacial score (nSPS) is 22.0. The van der Waals surface area contributed by atoms with Crippen molar-refractivity contribution >= 4 is 5.96 Å². The molecule has 1 unspecified atom stereocenters. The van der Waals surface area contributed by atoms with Gasteiger partial charge in [-0.05, 0) is 31.4 Å². The zero-order valence-electron chi connectivity index (χ0n) is 19.0. The van der Waals surface area contributed by atoms with E-state index >= 15 is 0 Å². The van der Waals surface area contributed by atoms with Crippen molar-refractivity contribution in [1.29, 1.82) is 0 Å². The average molecular weight is 400 g/mol. The molecule has 3 rings (SSSR count). The highest BCUT2D eigenvalue weighted by atomic mass is 15.3. The highest BCUT2D eigenvalue weighted by Crippen LogP contribution is 2.40. The Bertz CT molecular complexity index is 628. The van der Waals surface area contributed by atoms with Gasteiger partial charge in [0.15, 0.2) is 5.96 Å². The van der Waals surface area contributed by atoms with Crippen LogP contribution in [-0.2, 0) is 5.41 Å². The molecule has 29 heavy (non-hydrogen) atoms. The largest absolute Gasteiger partial charge is 0.356 e. The first kappa shape index (κ1) is 22.1. The van der Waals surface area contributed by atoms with Crippen molar-refractivity contribution in [3.05, 3.63) is 35.9 Å². The Morgan fingerprint density at radius 1 is 1.03 bits per heavy atom. The smallest absolute Gasteiger partial charge is 0.191 e. The van der Waals surface area contributed by atoms with Gasteiger partial charge in [0.05, 0.1) is 0 Å². The van der Waals surface area contributed by atoms with E-state index < -0.39 is 0 Å². The number of hydrogen-bond donors (Lipinski definition) is 2. The SMILES string of the molecule is CN=C(NCC(C(C)C)N1CCN(C)CC1)NCC1(c2ccccc2)CCCC1. The molecule has 0 amide bonds. The van der Waals surface area contributed by atoms with E-state index in [2.05, 4.69) is 76.7 Å². The van der Waals surface area contributed by atoms with Gasteiger partial charge < -0.3 is 15.5 Å². The summed E-state index contributed by atoms with van der Waals surface area (Å²) >= 11 is 0. The molecule has 1 aliphatic carbocycles. The number of piperazine rings is 1. The fourth-order valence-corrected chi connectivity index (χ4v) is 5.03. The minimum atomic E-state index is 0.244. The summed E-state index contributed by atoms with van der Waals surface area (Å²) in [5.41, 5.74) is 1.71. The standard InChI is InChI=1S/C24H41N5/c1-20(2)22(29-16-14-28(4)15-17-29)18-26-23(25-3)27-19-24(12-8-9-13-24)21-10-6-5-7-11-21/h5-7,10-11,20,22H,8-9,12-19H2,1-4H3,(H2,25,26,27). The molecule has 1 heterocycles. The number of nitrogens with one attached hydrogen (secondary N) is 2. The maximum absolute atomic E-state index is 4.53. The molecule has 0 bridgehead atoms. The van der Waals surface area contributed by atoms with E-state index in [0.29, 0.717) is 12.0 Å². The number of likely N-dealkylation sites (N-methyl/N-ethyl adjacent to an activating group) is 1. The van der Waals surface area contributed by atoms with E-state index in [9.17, 15) is 0 Å². The van der Waals surface area contributed by atoms with Crippen molar-refractivity contribution in [2.75, 3.05) is 53.4 Å². The molecule has 1 saturated carbocycles. The first-order valence-electron chi connectivity index (χ1n) is 11.5. The van der Waals surface area contributed by atoms with Crippen LogP contribution in [0.3, 0.4) is 0 Å². The molecule has 1 aromatic carbocycles. The summed E-state index contributed by atoms with van der Waals surface area (Å²) in [5.74, 6) is 1.56. The van der Waals surface area contributed by atoms with E-state index in [4.69, 9.17) is 0 Å². The molecule has 5 nitrogen and oxygen atoms in total. The molecule has 162 valence electrons. The van der Waals surface area contributed by atoms with Gasteiger partial charge in [0, 0.05) is 57.8 Å². The molecular weight excluding hydrogens is 358 g/mol. The van der Waals surface area contributed by atoms with Gasteiger partial charge in [-0.25, -0.2) is 0 Å². The number of nitrogens with zero attached hydrogens (tertiary/aromatic N) is 3. The summed E-state index contributed by atoms with van der Waals surface area (Å²) in [6, 6.07) is 11.6. The van der Waals surface area contributed by atoms with Gasteiger partial charge in [0.1, 0.15) is 0 Å². The third-order valence-corrected chi connectivity index (χ3v) is 7.02. The number of benzene rings is 1. The van der Waals surface area contributed by atoms with Gasteiger partial charge in [-0.1, -0.05) is 57.0 Å². The average Bonchev–Trinajstić information content (AvgIpc) is 3.22. The van der Waals surface area contributed by atoms with E-state index in [-0.39, 0.29) is 5.41 Å². The van der Waals surface area contributed by atoms with Crippen molar-refractivity contribution in [2.24, 2.45) is 10.9 Å². The number of hydrogen-bond acceptors (Lipinski definition) is 3. The van der Waals surface area contributed by atoms with Crippen molar-refractivity contribution in [3.63, 3.8) is 0 Å². The van der Waals surface area contributed by atoms with Crippen molar-refractivity contribution in [1.82, 2.24) is 20.4 Å². The van der Waals surface area contributed by atoms with E-state index in [1.807, 2.05) is 7.05 Å². The monoisotopic (exact) mass is 399 g/mol. The predicted octanol–water partition coefficient (Wildman–Crippen LogP) is 2.94. The van der Waals surface area contributed by atoms with Crippen LogP contribution in [-0.4, -0.2) is 75.2 Å². The van der Waals surface area contributed by atoms with Gasteiger partial charge in [0.2, 0.25) is 0 Å². The summed E-state index contributed by atoms with van der Waals surface area (Å²) in [4.78, 5) is 9.60. The van der Waals surface area contributed by atoms with Crippen LogP contribution in [0.1, 0.15) is 45.1 Å². The second-order valence-electron chi connectivity index (χ2n) is 9.31. The molecule has 1 atom stereocenters.